The molecule has 0 atom stereocenters. The predicted molar refractivity (Wildman–Crippen MR) is 77.9 cm³/mol. The third kappa shape index (κ3) is 2.01. The number of hydrogen-bond donors (Lipinski definition) is 1. The smallest absolute Gasteiger partial charge is 0.273 e. The molecule has 19 heavy (non-hydrogen) atoms. The van der Waals surface area contributed by atoms with Gasteiger partial charge < -0.3 is 5.73 Å². The molecule has 2 heterocycles. The summed E-state index contributed by atoms with van der Waals surface area (Å²) in [6.07, 6.45) is 0. The van der Waals surface area contributed by atoms with Crippen LogP contribution in [0.4, 0.5) is 5.69 Å². The van der Waals surface area contributed by atoms with E-state index in [9.17, 15) is 4.79 Å². The number of carbonyl (C=O) groups is 1. The number of fused-ring (bicyclic) bond motifs is 1. The van der Waals surface area contributed by atoms with Crippen molar-refractivity contribution in [2.24, 2.45) is 0 Å². The summed E-state index contributed by atoms with van der Waals surface area (Å²) in [5, 5.41) is 0. The van der Waals surface area contributed by atoms with Crippen molar-refractivity contribution in [3.63, 3.8) is 0 Å². The van der Waals surface area contributed by atoms with Gasteiger partial charge in [-0.2, -0.15) is 0 Å². The quantitative estimate of drug-likeness (QED) is 0.700. The summed E-state index contributed by atoms with van der Waals surface area (Å²) < 4.78 is 2.17. The van der Waals surface area contributed by atoms with E-state index in [1.807, 2.05) is 0 Å². The molecule has 0 radical (unpaired) electrons. The first-order chi connectivity index (χ1) is 9.06. The molecule has 0 saturated carbocycles. The molecule has 96 valence electrons. The molecule has 0 aliphatic carbocycles. The van der Waals surface area contributed by atoms with Crippen molar-refractivity contribution in [2.45, 2.75) is 6.92 Å². The fraction of sp³-hybridized carbons (Fsp3) is 0.0769. The first kappa shape index (κ1) is 12.2. The Bertz CT molecular complexity index is 790. The van der Waals surface area contributed by atoms with Crippen LogP contribution in [0.5, 0.6) is 0 Å². The molecule has 6 heteroatoms. The summed E-state index contributed by atoms with van der Waals surface area (Å²) >= 11 is 7.13. The maximum absolute atomic E-state index is 12.5. The minimum atomic E-state index is -0.123. The number of aryl methyl sites for hydroxylation is 1. The van der Waals surface area contributed by atoms with Gasteiger partial charge in [0.25, 0.3) is 5.91 Å². The van der Waals surface area contributed by atoms with Gasteiger partial charge in [0, 0.05) is 5.69 Å². The molecule has 0 aliphatic rings. The van der Waals surface area contributed by atoms with Crippen molar-refractivity contribution in [2.75, 3.05) is 5.73 Å². The third-order valence-corrected chi connectivity index (χ3v) is 4.05. The van der Waals surface area contributed by atoms with Crippen LogP contribution in [0.25, 0.3) is 11.0 Å². The number of anilines is 1. The zero-order chi connectivity index (χ0) is 13.6. The maximum atomic E-state index is 12.5. The molecule has 0 bridgehead atoms. The lowest BCUT2D eigenvalue weighted by molar-refractivity contribution is 0.0966. The van der Waals surface area contributed by atoms with Crippen LogP contribution in [-0.4, -0.2) is 15.5 Å². The SMILES string of the molecule is Cc1nc2cc(N)ccc2n1C(=O)c1ccc(Cl)s1. The van der Waals surface area contributed by atoms with E-state index in [-0.39, 0.29) is 5.91 Å². The number of nitrogens with zero attached hydrogens (tertiary/aromatic N) is 2. The van der Waals surface area contributed by atoms with Crippen LogP contribution >= 0.6 is 22.9 Å². The van der Waals surface area contributed by atoms with Crippen LogP contribution in [-0.2, 0) is 0 Å². The van der Waals surface area contributed by atoms with Crippen molar-refractivity contribution in [3.05, 3.63) is 45.4 Å². The number of aromatic nitrogens is 2. The molecule has 2 aromatic heterocycles. The first-order valence-corrected chi connectivity index (χ1v) is 6.80. The highest BCUT2D eigenvalue weighted by atomic mass is 35.5. The summed E-state index contributed by atoms with van der Waals surface area (Å²) in [5.41, 5.74) is 7.82. The van der Waals surface area contributed by atoms with E-state index >= 15 is 0 Å². The summed E-state index contributed by atoms with van der Waals surface area (Å²) in [7, 11) is 0. The molecule has 0 unspecified atom stereocenters. The second-order valence-corrected chi connectivity index (χ2v) is 5.87. The molecule has 0 amide bonds. The van der Waals surface area contributed by atoms with Gasteiger partial charge in [0.2, 0.25) is 0 Å². The highest BCUT2D eigenvalue weighted by Gasteiger charge is 2.17. The summed E-state index contributed by atoms with van der Waals surface area (Å²) in [5.74, 6) is 0.511. The van der Waals surface area contributed by atoms with E-state index in [0.717, 1.165) is 5.52 Å². The Morgan fingerprint density at radius 2 is 2.16 bits per heavy atom. The number of benzene rings is 1. The first-order valence-electron chi connectivity index (χ1n) is 5.61. The van der Waals surface area contributed by atoms with Gasteiger partial charge >= 0.3 is 0 Å². The van der Waals surface area contributed by atoms with Gasteiger partial charge in [-0.05, 0) is 37.3 Å². The average Bonchev–Trinajstić information content (AvgIpc) is 2.91. The fourth-order valence-corrected chi connectivity index (χ4v) is 2.99. The monoisotopic (exact) mass is 291 g/mol. The number of imidazole rings is 1. The molecule has 3 aromatic rings. The zero-order valence-electron chi connectivity index (χ0n) is 10.1. The Hall–Kier alpha value is -1.85. The van der Waals surface area contributed by atoms with Gasteiger partial charge in [-0.1, -0.05) is 11.6 Å². The van der Waals surface area contributed by atoms with E-state index < -0.39 is 0 Å². The van der Waals surface area contributed by atoms with Gasteiger partial charge in [0.05, 0.1) is 20.2 Å². The molecule has 0 spiro atoms. The molecule has 0 fully saturated rings. The Morgan fingerprint density at radius 1 is 1.37 bits per heavy atom. The van der Waals surface area contributed by atoms with Crippen LogP contribution in [0.2, 0.25) is 4.34 Å². The van der Waals surface area contributed by atoms with Crippen molar-refractivity contribution in [3.8, 4) is 0 Å². The third-order valence-electron chi connectivity index (χ3n) is 2.83. The van der Waals surface area contributed by atoms with Gasteiger partial charge in [-0.15, -0.1) is 11.3 Å². The number of carbonyl (C=O) groups excluding carboxylic acids is 1. The van der Waals surface area contributed by atoms with Crippen LogP contribution < -0.4 is 5.73 Å². The largest absolute Gasteiger partial charge is 0.399 e. The molecule has 1 aromatic carbocycles. The molecule has 0 aliphatic heterocycles. The molecule has 0 saturated heterocycles. The van der Waals surface area contributed by atoms with E-state index in [0.29, 0.717) is 26.2 Å². The Balaban J connectivity index is 2.19. The van der Waals surface area contributed by atoms with Gasteiger partial charge in [0.15, 0.2) is 0 Å². The maximum Gasteiger partial charge on any atom is 0.273 e. The second kappa shape index (κ2) is 4.36. The number of halogens is 1. The lowest BCUT2D eigenvalue weighted by Crippen LogP contribution is -2.11. The minimum absolute atomic E-state index is 0.123. The second-order valence-electron chi connectivity index (χ2n) is 4.15. The van der Waals surface area contributed by atoms with Crippen molar-refractivity contribution >= 4 is 45.6 Å². The highest BCUT2D eigenvalue weighted by molar-refractivity contribution is 7.18. The molecular formula is C13H10ClN3OS. The Labute approximate surface area is 118 Å². The van der Waals surface area contributed by atoms with Crippen LogP contribution in [0, 0.1) is 6.92 Å². The summed E-state index contributed by atoms with van der Waals surface area (Å²) in [6, 6.07) is 8.75. The number of nitrogens with two attached hydrogens (primary N) is 1. The van der Waals surface area contributed by atoms with E-state index in [1.165, 1.54) is 11.3 Å². The zero-order valence-corrected chi connectivity index (χ0v) is 11.6. The van der Waals surface area contributed by atoms with Crippen LogP contribution in [0.3, 0.4) is 0 Å². The van der Waals surface area contributed by atoms with Crippen molar-refractivity contribution in [1.29, 1.82) is 0 Å². The highest BCUT2D eigenvalue weighted by Crippen LogP contribution is 2.25. The van der Waals surface area contributed by atoms with Gasteiger partial charge in [-0.3, -0.25) is 9.36 Å². The number of thiophene rings is 1. The minimum Gasteiger partial charge on any atom is -0.399 e. The fourth-order valence-electron chi connectivity index (χ4n) is 2.01. The van der Waals surface area contributed by atoms with E-state index in [1.54, 1.807) is 41.8 Å². The number of nitrogen functional groups attached to an aromatic ring is 1. The Morgan fingerprint density at radius 3 is 2.84 bits per heavy atom. The van der Waals surface area contributed by atoms with Gasteiger partial charge in [-0.25, -0.2) is 4.98 Å². The van der Waals surface area contributed by atoms with Gasteiger partial charge in [0.1, 0.15) is 5.82 Å². The number of rotatable bonds is 1. The summed E-state index contributed by atoms with van der Waals surface area (Å²) in [6.45, 7) is 1.79. The Kier molecular flexibility index (Phi) is 2.80. The predicted octanol–water partition coefficient (Wildman–Crippen LogP) is 3.33. The topological polar surface area (TPSA) is 60.9 Å². The molecule has 2 N–H and O–H groups in total. The van der Waals surface area contributed by atoms with E-state index in [4.69, 9.17) is 17.3 Å². The van der Waals surface area contributed by atoms with Crippen LogP contribution in [0.1, 0.15) is 15.5 Å². The van der Waals surface area contributed by atoms with Crippen LogP contribution in [0.15, 0.2) is 30.3 Å². The molecular weight excluding hydrogens is 282 g/mol. The van der Waals surface area contributed by atoms with E-state index in [2.05, 4.69) is 4.98 Å². The normalized spacial score (nSPS) is 11.1. The van der Waals surface area contributed by atoms with Crippen molar-refractivity contribution < 1.29 is 4.79 Å². The molecule has 3 rings (SSSR count). The number of hydrogen-bond acceptors (Lipinski definition) is 4. The standard InChI is InChI=1S/C13H10ClN3OS/c1-7-16-9-6-8(15)2-3-10(9)17(7)13(18)11-4-5-12(14)19-11/h2-6H,15H2,1H3. The van der Waals surface area contributed by atoms with Crippen molar-refractivity contribution in [1.82, 2.24) is 9.55 Å². The lowest BCUT2D eigenvalue weighted by Gasteiger charge is -2.03. The average molecular weight is 292 g/mol. The molecule has 4 nitrogen and oxygen atoms in total. The summed E-state index contributed by atoms with van der Waals surface area (Å²) in [4.78, 5) is 17.4. The lowest BCUT2D eigenvalue weighted by atomic mass is 10.3.